The van der Waals surface area contributed by atoms with E-state index in [4.69, 9.17) is 16.6 Å². The summed E-state index contributed by atoms with van der Waals surface area (Å²) >= 11 is 6.49. The van der Waals surface area contributed by atoms with Gasteiger partial charge < -0.3 is 4.90 Å². The van der Waals surface area contributed by atoms with Crippen LogP contribution in [-0.4, -0.2) is 62.6 Å². The zero-order valence-corrected chi connectivity index (χ0v) is 19.0. The number of piperidine rings is 1. The summed E-state index contributed by atoms with van der Waals surface area (Å²) in [4.78, 5) is 9.67. The molecule has 0 aliphatic carbocycles. The molecule has 0 radical (unpaired) electrons. The Hall–Kier alpha value is -2.54. The maximum atomic E-state index is 6.49. The summed E-state index contributed by atoms with van der Waals surface area (Å²) in [6.07, 6.45) is 2.43. The average Bonchev–Trinajstić information content (AvgIpc) is 3.21. The van der Waals surface area contributed by atoms with Crippen molar-refractivity contribution in [1.82, 2.24) is 29.4 Å². The maximum Gasteiger partial charge on any atom is 0.183 e. The van der Waals surface area contributed by atoms with Crippen LogP contribution in [0.25, 0.3) is 28.1 Å². The molecule has 0 unspecified atom stereocenters. The minimum absolute atomic E-state index is 0.666. The summed E-state index contributed by atoms with van der Waals surface area (Å²) in [5, 5.41) is 9.58. The summed E-state index contributed by atoms with van der Waals surface area (Å²) in [5.74, 6) is 0.750. The second kappa shape index (κ2) is 8.19. The fourth-order valence-electron chi connectivity index (χ4n) is 4.59. The number of likely N-dealkylation sites (tertiary alicyclic amines) is 1. The molecule has 1 saturated heterocycles. The smallest absolute Gasteiger partial charge is 0.183 e. The standard InChI is InChI=1S/C24H27ClN6/c1-16-23-27-28-24(19-6-4-5-7-20(19)25)31(23)22-14-17(8-9-21(22)26-16)15-30-12-10-18(11-13-30)29(2)3/h4-9,14,18H,10-13,15H2,1-3H3. The molecule has 6 nitrogen and oxygen atoms in total. The Morgan fingerprint density at radius 3 is 2.58 bits per heavy atom. The molecule has 160 valence electrons. The SMILES string of the molecule is Cc1nc2ccc(CN3CCC(N(C)C)CC3)cc2n2c(-c3ccccc3Cl)nnc12. The molecule has 1 aliphatic heterocycles. The van der Waals surface area contributed by atoms with Gasteiger partial charge in [0.05, 0.1) is 21.7 Å². The molecule has 31 heavy (non-hydrogen) atoms. The highest BCUT2D eigenvalue weighted by Crippen LogP contribution is 2.30. The van der Waals surface area contributed by atoms with Gasteiger partial charge in [-0.2, -0.15) is 0 Å². The quantitative estimate of drug-likeness (QED) is 0.475. The molecule has 1 fully saturated rings. The first kappa shape index (κ1) is 20.4. The van der Waals surface area contributed by atoms with Crippen molar-refractivity contribution in [2.45, 2.75) is 32.4 Å². The first-order valence-electron chi connectivity index (χ1n) is 10.8. The molecule has 1 aliphatic rings. The molecule has 7 heteroatoms. The van der Waals surface area contributed by atoms with Gasteiger partial charge in [-0.15, -0.1) is 10.2 Å². The predicted molar refractivity (Wildman–Crippen MR) is 125 cm³/mol. The van der Waals surface area contributed by atoms with E-state index >= 15 is 0 Å². The summed E-state index contributed by atoms with van der Waals surface area (Å²) in [6, 6.07) is 15.0. The lowest BCUT2D eigenvalue weighted by Crippen LogP contribution is -2.41. The molecule has 2 aromatic carbocycles. The van der Waals surface area contributed by atoms with Gasteiger partial charge in [-0.25, -0.2) is 4.98 Å². The number of nitrogens with zero attached hydrogens (tertiary/aromatic N) is 6. The molecule has 3 heterocycles. The number of rotatable bonds is 4. The zero-order valence-electron chi connectivity index (χ0n) is 18.2. The third-order valence-corrected chi connectivity index (χ3v) is 6.69. The van der Waals surface area contributed by atoms with Crippen molar-refractivity contribution in [3.8, 4) is 11.4 Å². The highest BCUT2D eigenvalue weighted by atomic mass is 35.5. The van der Waals surface area contributed by atoms with Gasteiger partial charge >= 0.3 is 0 Å². The van der Waals surface area contributed by atoms with Gasteiger partial charge in [0.1, 0.15) is 0 Å². The minimum Gasteiger partial charge on any atom is -0.306 e. The summed E-state index contributed by atoms with van der Waals surface area (Å²) < 4.78 is 2.10. The summed E-state index contributed by atoms with van der Waals surface area (Å²) in [7, 11) is 4.36. The third-order valence-electron chi connectivity index (χ3n) is 6.36. The van der Waals surface area contributed by atoms with Gasteiger partial charge in [0, 0.05) is 18.2 Å². The first-order chi connectivity index (χ1) is 15.0. The predicted octanol–water partition coefficient (Wildman–Crippen LogP) is 4.43. The summed E-state index contributed by atoms with van der Waals surface area (Å²) in [5.41, 5.74) is 5.74. The van der Waals surface area contributed by atoms with Crippen LogP contribution in [0.1, 0.15) is 24.1 Å². The van der Waals surface area contributed by atoms with Crippen LogP contribution in [0.3, 0.4) is 0 Å². The Balaban J connectivity index is 1.55. The van der Waals surface area contributed by atoms with E-state index in [-0.39, 0.29) is 0 Å². The van der Waals surface area contributed by atoms with Gasteiger partial charge in [-0.05, 0) is 76.8 Å². The molecule has 0 saturated carbocycles. The largest absolute Gasteiger partial charge is 0.306 e. The Morgan fingerprint density at radius 1 is 1.06 bits per heavy atom. The molecule has 0 amide bonds. The van der Waals surface area contributed by atoms with Crippen LogP contribution in [-0.2, 0) is 6.54 Å². The number of halogens is 1. The van der Waals surface area contributed by atoms with Crippen LogP contribution in [0.2, 0.25) is 5.02 Å². The number of hydrogen-bond acceptors (Lipinski definition) is 5. The van der Waals surface area contributed by atoms with Crippen molar-refractivity contribution in [3.05, 3.63) is 58.7 Å². The van der Waals surface area contributed by atoms with Crippen LogP contribution in [0.15, 0.2) is 42.5 Å². The topological polar surface area (TPSA) is 49.6 Å². The second-order valence-corrected chi connectivity index (χ2v) is 9.06. The monoisotopic (exact) mass is 434 g/mol. The Morgan fingerprint density at radius 2 is 1.84 bits per heavy atom. The van der Waals surface area contributed by atoms with Gasteiger partial charge in [0.2, 0.25) is 0 Å². The van der Waals surface area contributed by atoms with Crippen molar-refractivity contribution in [1.29, 1.82) is 0 Å². The van der Waals surface area contributed by atoms with Crippen LogP contribution in [0, 0.1) is 6.92 Å². The van der Waals surface area contributed by atoms with Crippen LogP contribution in [0.4, 0.5) is 0 Å². The lowest BCUT2D eigenvalue weighted by molar-refractivity contribution is 0.140. The van der Waals surface area contributed by atoms with E-state index in [2.05, 4.69) is 56.7 Å². The molecular weight excluding hydrogens is 408 g/mol. The number of aryl methyl sites for hydroxylation is 1. The van der Waals surface area contributed by atoms with Gasteiger partial charge in [0.15, 0.2) is 11.5 Å². The van der Waals surface area contributed by atoms with Crippen LogP contribution < -0.4 is 0 Å². The fraction of sp³-hybridized carbons (Fsp3) is 0.375. The molecule has 0 spiro atoms. The Bertz CT molecular complexity index is 1240. The van der Waals surface area contributed by atoms with Crippen molar-refractivity contribution in [3.63, 3.8) is 0 Å². The average molecular weight is 435 g/mol. The molecule has 0 bridgehead atoms. The van der Waals surface area contributed by atoms with E-state index in [0.717, 1.165) is 53.4 Å². The van der Waals surface area contributed by atoms with Crippen molar-refractivity contribution in [2.24, 2.45) is 0 Å². The molecule has 5 rings (SSSR count). The van der Waals surface area contributed by atoms with Gasteiger partial charge in [-0.1, -0.05) is 29.8 Å². The highest BCUT2D eigenvalue weighted by molar-refractivity contribution is 6.33. The van der Waals surface area contributed by atoms with E-state index in [0.29, 0.717) is 11.1 Å². The van der Waals surface area contributed by atoms with Crippen LogP contribution >= 0.6 is 11.6 Å². The molecular formula is C24H27ClN6. The van der Waals surface area contributed by atoms with Crippen molar-refractivity contribution < 1.29 is 0 Å². The highest BCUT2D eigenvalue weighted by Gasteiger charge is 2.21. The molecule has 0 N–H and O–H groups in total. The summed E-state index contributed by atoms with van der Waals surface area (Å²) in [6.45, 7) is 5.16. The third kappa shape index (κ3) is 3.80. The molecule has 0 atom stereocenters. The first-order valence-corrected chi connectivity index (χ1v) is 11.2. The van der Waals surface area contributed by atoms with E-state index in [1.165, 1.54) is 18.4 Å². The molecule has 2 aromatic heterocycles. The van der Waals surface area contributed by atoms with E-state index in [1.54, 1.807) is 0 Å². The Kier molecular flexibility index (Phi) is 5.38. The van der Waals surface area contributed by atoms with E-state index in [1.807, 2.05) is 31.2 Å². The lowest BCUT2D eigenvalue weighted by Gasteiger charge is -2.35. The van der Waals surface area contributed by atoms with Crippen molar-refractivity contribution in [2.75, 3.05) is 27.2 Å². The van der Waals surface area contributed by atoms with Crippen molar-refractivity contribution >= 4 is 28.3 Å². The zero-order chi connectivity index (χ0) is 21.5. The maximum absolute atomic E-state index is 6.49. The number of hydrogen-bond donors (Lipinski definition) is 0. The van der Waals surface area contributed by atoms with E-state index < -0.39 is 0 Å². The van der Waals surface area contributed by atoms with Gasteiger partial charge in [0.25, 0.3) is 0 Å². The normalized spacial score (nSPS) is 16.0. The van der Waals surface area contributed by atoms with Gasteiger partial charge in [-0.3, -0.25) is 9.30 Å². The number of fused-ring (bicyclic) bond motifs is 3. The minimum atomic E-state index is 0.666. The van der Waals surface area contributed by atoms with E-state index in [9.17, 15) is 0 Å². The second-order valence-electron chi connectivity index (χ2n) is 8.65. The number of aromatic nitrogens is 4. The Labute approximate surface area is 187 Å². The fourth-order valence-corrected chi connectivity index (χ4v) is 4.81. The number of benzene rings is 2. The van der Waals surface area contributed by atoms with Crippen LogP contribution in [0.5, 0.6) is 0 Å². The lowest BCUT2D eigenvalue weighted by atomic mass is 10.0. The molecule has 4 aromatic rings.